The van der Waals surface area contributed by atoms with E-state index < -0.39 is 6.10 Å². The summed E-state index contributed by atoms with van der Waals surface area (Å²) in [6.07, 6.45) is 0.243. The van der Waals surface area contributed by atoms with Crippen molar-refractivity contribution < 1.29 is 9.84 Å². The van der Waals surface area contributed by atoms with E-state index in [1.54, 1.807) is 11.3 Å². The van der Waals surface area contributed by atoms with Gasteiger partial charge in [-0.3, -0.25) is 0 Å². The fourth-order valence-corrected chi connectivity index (χ4v) is 2.30. The fourth-order valence-electron chi connectivity index (χ4n) is 1.64. The molecule has 0 unspecified atom stereocenters. The van der Waals surface area contributed by atoms with E-state index in [0.717, 1.165) is 16.9 Å². The summed E-state index contributed by atoms with van der Waals surface area (Å²) in [5, 5.41) is 14.0. The standard InChI is InChI=1S/C14H16O2S/c1-2-13(15)12-5-3-4-6-14(12)16-9-11-7-8-17-10-11/h3-8,10,13,15H,2,9H2,1H3/t13-/m1/s1. The molecule has 0 saturated carbocycles. The molecule has 0 spiro atoms. The molecule has 1 atom stereocenters. The van der Waals surface area contributed by atoms with Gasteiger partial charge in [-0.2, -0.15) is 11.3 Å². The number of thiophene rings is 1. The minimum absolute atomic E-state index is 0.450. The Kier molecular flexibility index (Phi) is 4.18. The SMILES string of the molecule is CC[C@@H](O)c1ccccc1OCc1ccsc1. The highest BCUT2D eigenvalue weighted by Crippen LogP contribution is 2.27. The molecular formula is C14H16O2S. The monoisotopic (exact) mass is 248 g/mol. The maximum absolute atomic E-state index is 9.89. The van der Waals surface area contributed by atoms with Gasteiger partial charge in [0, 0.05) is 5.56 Å². The zero-order chi connectivity index (χ0) is 12.1. The second kappa shape index (κ2) is 5.84. The predicted octanol–water partition coefficient (Wildman–Crippen LogP) is 3.77. The fraction of sp³-hybridized carbons (Fsp3) is 0.286. The van der Waals surface area contributed by atoms with Crippen molar-refractivity contribution in [2.45, 2.75) is 26.1 Å². The van der Waals surface area contributed by atoms with Crippen LogP contribution < -0.4 is 4.74 Å². The van der Waals surface area contributed by atoms with Crippen LogP contribution in [0.15, 0.2) is 41.1 Å². The van der Waals surface area contributed by atoms with Crippen LogP contribution in [-0.2, 0) is 6.61 Å². The molecule has 0 fully saturated rings. The number of hydrogen-bond donors (Lipinski definition) is 1. The lowest BCUT2D eigenvalue weighted by Gasteiger charge is -2.14. The zero-order valence-electron chi connectivity index (χ0n) is 9.80. The molecule has 0 aliphatic carbocycles. The summed E-state index contributed by atoms with van der Waals surface area (Å²) in [6, 6.07) is 9.71. The molecule has 3 heteroatoms. The minimum Gasteiger partial charge on any atom is -0.488 e. The van der Waals surface area contributed by atoms with Crippen LogP contribution in [0.25, 0.3) is 0 Å². The second-order valence-corrected chi connectivity index (χ2v) is 4.66. The van der Waals surface area contributed by atoms with Crippen molar-refractivity contribution in [3.63, 3.8) is 0 Å². The third kappa shape index (κ3) is 3.08. The van der Waals surface area contributed by atoms with Crippen molar-refractivity contribution in [2.75, 3.05) is 0 Å². The van der Waals surface area contributed by atoms with Crippen molar-refractivity contribution in [3.8, 4) is 5.75 Å². The molecule has 0 saturated heterocycles. The van der Waals surface area contributed by atoms with Gasteiger partial charge in [-0.25, -0.2) is 0 Å². The molecule has 0 aliphatic heterocycles. The van der Waals surface area contributed by atoms with Crippen LogP contribution >= 0.6 is 11.3 Å². The number of para-hydroxylation sites is 1. The molecule has 0 radical (unpaired) electrons. The summed E-state index contributed by atoms with van der Waals surface area (Å²) in [4.78, 5) is 0. The van der Waals surface area contributed by atoms with E-state index in [4.69, 9.17) is 4.74 Å². The Balaban J connectivity index is 2.09. The van der Waals surface area contributed by atoms with Crippen LogP contribution in [0.2, 0.25) is 0 Å². The van der Waals surface area contributed by atoms with Crippen molar-refractivity contribution >= 4 is 11.3 Å². The molecule has 0 aliphatic rings. The van der Waals surface area contributed by atoms with Crippen LogP contribution in [0.4, 0.5) is 0 Å². The molecule has 2 aromatic rings. The Morgan fingerprint density at radius 3 is 2.82 bits per heavy atom. The van der Waals surface area contributed by atoms with E-state index in [1.165, 1.54) is 0 Å². The van der Waals surface area contributed by atoms with Gasteiger partial charge in [0.25, 0.3) is 0 Å². The zero-order valence-corrected chi connectivity index (χ0v) is 10.6. The molecule has 1 heterocycles. The molecule has 17 heavy (non-hydrogen) atoms. The highest BCUT2D eigenvalue weighted by molar-refractivity contribution is 7.07. The smallest absolute Gasteiger partial charge is 0.125 e. The lowest BCUT2D eigenvalue weighted by atomic mass is 10.1. The topological polar surface area (TPSA) is 29.5 Å². The first-order valence-corrected chi connectivity index (χ1v) is 6.66. The summed E-state index contributed by atoms with van der Waals surface area (Å²) >= 11 is 1.66. The van der Waals surface area contributed by atoms with Crippen LogP contribution in [0.1, 0.15) is 30.6 Å². The van der Waals surface area contributed by atoms with Crippen molar-refractivity contribution in [1.82, 2.24) is 0 Å². The van der Waals surface area contributed by atoms with Crippen LogP contribution in [0, 0.1) is 0 Å². The third-order valence-corrected chi connectivity index (χ3v) is 3.37. The van der Waals surface area contributed by atoms with Gasteiger partial charge in [0.15, 0.2) is 0 Å². The van der Waals surface area contributed by atoms with Crippen molar-refractivity contribution in [3.05, 3.63) is 52.2 Å². The van der Waals surface area contributed by atoms with Gasteiger partial charge in [0.2, 0.25) is 0 Å². The van der Waals surface area contributed by atoms with Crippen LogP contribution in [-0.4, -0.2) is 5.11 Å². The molecule has 1 aromatic carbocycles. The Morgan fingerprint density at radius 2 is 2.12 bits per heavy atom. The summed E-state index contributed by atoms with van der Waals surface area (Å²) in [6.45, 7) is 2.51. The van der Waals surface area contributed by atoms with E-state index in [0.29, 0.717) is 13.0 Å². The molecule has 90 valence electrons. The molecule has 1 N–H and O–H groups in total. The highest BCUT2D eigenvalue weighted by Gasteiger charge is 2.10. The Hall–Kier alpha value is -1.32. The molecule has 0 bridgehead atoms. The summed E-state index contributed by atoms with van der Waals surface area (Å²) in [5.41, 5.74) is 2.03. The second-order valence-electron chi connectivity index (χ2n) is 3.88. The third-order valence-electron chi connectivity index (χ3n) is 2.64. The van der Waals surface area contributed by atoms with Gasteiger partial charge < -0.3 is 9.84 Å². The van der Waals surface area contributed by atoms with E-state index >= 15 is 0 Å². The average Bonchev–Trinajstić information content (AvgIpc) is 2.89. The number of benzene rings is 1. The van der Waals surface area contributed by atoms with Crippen molar-refractivity contribution in [1.29, 1.82) is 0 Å². The number of hydrogen-bond acceptors (Lipinski definition) is 3. The van der Waals surface area contributed by atoms with Gasteiger partial charge in [0.05, 0.1) is 6.10 Å². The molecule has 1 aromatic heterocycles. The predicted molar refractivity (Wildman–Crippen MR) is 70.3 cm³/mol. The van der Waals surface area contributed by atoms with E-state index in [2.05, 4.69) is 5.38 Å². The van der Waals surface area contributed by atoms with Crippen molar-refractivity contribution in [2.24, 2.45) is 0 Å². The number of aliphatic hydroxyl groups is 1. The van der Waals surface area contributed by atoms with E-state index in [-0.39, 0.29) is 0 Å². The summed E-state index contributed by atoms with van der Waals surface area (Å²) in [7, 11) is 0. The first-order chi connectivity index (χ1) is 8.31. The lowest BCUT2D eigenvalue weighted by molar-refractivity contribution is 0.166. The summed E-state index contributed by atoms with van der Waals surface area (Å²) < 4.78 is 5.75. The first kappa shape index (κ1) is 12.1. The van der Waals surface area contributed by atoms with E-state index in [1.807, 2.05) is 42.6 Å². The average molecular weight is 248 g/mol. The maximum atomic E-state index is 9.89. The minimum atomic E-state index is -0.450. The van der Waals surface area contributed by atoms with Gasteiger partial charge in [-0.1, -0.05) is 25.1 Å². The first-order valence-electron chi connectivity index (χ1n) is 5.72. The van der Waals surface area contributed by atoms with Gasteiger partial charge in [-0.05, 0) is 34.9 Å². The molecule has 2 nitrogen and oxygen atoms in total. The Morgan fingerprint density at radius 1 is 1.29 bits per heavy atom. The van der Waals surface area contributed by atoms with Gasteiger partial charge >= 0.3 is 0 Å². The number of aliphatic hydroxyl groups excluding tert-OH is 1. The van der Waals surface area contributed by atoms with E-state index in [9.17, 15) is 5.11 Å². The normalized spacial score (nSPS) is 12.4. The Labute approximate surface area is 105 Å². The van der Waals surface area contributed by atoms with Gasteiger partial charge in [0.1, 0.15) is 12.4 Å². The lowest BCUT2D eigenvalue weighted by Crippen LogP contribution is -2.01. The van der Waals surface area contributed by atoms with Gasteiger partial charge in [-0.15, -0.1) is 0 Å². The molecule has 0 amide bonds. The highest BCUT2D eigenvalue weighted by atomic mass is 32.1. The molecular weight excluding hydrogens is 232 g/mol. The van der Waals surface area contributed by atoms with Crippen LogP contribution in [0.3, 0.4) is 0 Å². The number of rotatable bonds is 5. The Bertz CT molecular complexity index is 451. The van der Waals surface area contributed by atoms with Crippen LogP contribution in [0.5, 0.6) is 5.75 Å². The molecule has 2 rings (SSSR count). The maximum Gasteiger partial charge on any atom is 0.125 e. The number of ether oxygens (including phenoxy) is 1. The quantitative estimate of drug-likeness (QED) is 0.872. The summed E-state index contributed by atoms with van der Waals surface area (Å²) in [5.74, 6) is 0.771. The largest absolute Gasteiger partial charge is 0.488 e.